The Morgan fingerprint density at radius 1 is 1.16 bits per heavy atom. The Hall–Kier alpha value is -1.84. The van der Waals surface area contributed by atoms with Crippen LogP contribution >= 0.6 is 0 Å². The monoisotopic (exact) mass is 258 g/mol. The van der Waals surface area contributed by atoms with Crippen LogP contribution in [0.3, 0.4) is 0 Å². The molecule has 19 heavy (non-hydrogen) atoms. The average molecular weight is 258 g/mol. The summed E-state index contributed by atoms with van der Waals surface area (Å²) in [5.41, 5.74) is 2.42. The highest BCUT2D eigenvalue weighted by atomic mass is 15.3. The van der Waals surface area contributed by atoms with Crippen LogP contribution in [-0.2, 0) is 6.54 Å². The average Bonchev–Trinajstić information content (AvgIpc) is 2.95. The number of benzene rings is 1. The van der Waals surface area contributed by atoms with E-state index in [1.165, 1.54) is 24.1 Å². The minimum absolute atomic E-state index is 0.759. The first-order valence-corrected chi connectivity index (χ1v) is 6.97. The summed E-state index contributed by atoms with van der Waals surface area (Å²) in [5, 5.41) is 7.60. The Kier molecular flexibility index (Phi) is 4.95. The number of anilines is 1. The fourth-order valence-electron chi connectivity index (χ4n) is 2.07. The van der Waals surface area contributed by atoms with Crippen LogP contribution in [0.4, 0.5) is 5.69 Å². The molecular weight excluding hydrogens is 236 g/mol. The van der Waals surface area contributed by atoms with Gasteiger partial charge in [0.25, 0.3) is 0 Å². The fraction of sp³-hybridized carbons (Fsp3) is 0.467. The largest absolute Gasteiger partial charge is 0.385 e. The summed E-state index contributed by atoms with van der Waals surface area (Å²) in [4.78, 5) is 3.94. The van der Waals surface area contributed by atoms with Crippen molar-refractivity contribution in [2.24, 2.45) is 5.92 Å². The lowest BCUT2D eigenvalue weighted by Gasteiger charge is -2.14. The van der Waals surface area contributed by atoms with E-state index in [9.17, 15) is 0 Å². The second-order valence-electron chi connectivity index (χ2n) is 4.85. The van der Waals surface area contributed by atoms with Crippen molar-refractivity contribution in [2.45, 2.75) is 33.2 Å². The van der Waals surface area contributed by atoms with Crippen molar-refractivity contribution in [1.29, 1.82) is 0 Å². The maximum atomic E-state index is 4.11. The predicted octanol–water partition coefficient (Wildman–Crippen LogP) is 3.17. The van der Waals surface area contributed by atoms with Gasteiger partial charge in [0, 0.05) is 12.2 Å². The van der Waals surface area contributed by atoms with Crippen LogP contribution in [-0.4, -0.2) is 21.3 Å². The zero-order valence-corrected chi connectivity index (χ0v) is 11.7. The van der Waals surface area contributed by atoms with Crippen molar-refractivity contribution in [3.8, 4) is 0 Å². The van der Waals surface area contributed by atoms with Crippen LogP contribution in [0.2, 0.25) is 0 Å². The quantitative estimate of drug-likeness (QED) is 0.829. The third-order valence-electron chi connectivity index (χ3n) is 3.51. The topological polar surface area (TPSA) is 42.7 Å². The molecule has 1 aromatic heterocycles. The Balaban J connectivity index is 1.87. The minimum Gasteiger partial charge on any atom is -0.385 e. The van der Waals surface area contributed by atoms with Crippen LogP contribution in [0.1, 0.15) is 32.3 Å². The molecule has 0 fully saturated rings. The molecule has 2 rings (SSSR count). The summed E-state index contributed by atoms with van der Waals surface area (Å²) in [6.07, 6.45) is 5.76. The molecule has 0 unspecified atom stereocenters. The van der Waals surface area contributed by atoms with Crippen molar-refractivity contribution in [1.82, 2.24) is 14.8 Å². The molecule has 102 valence electrons. The van der Waals surface area contributed by atoms with Gasteiger partial charge < -0.3 is 5.32 Å². The van der Waals surface area contributed by atoms with Gasteiger partial charge in [-0.25, -0.2) is 9.67 Å². The molecule has 0 spiro atoms. The number of rotatable bonds is 7. The summed E-state index contributed by atoms with van der Waals surface area (Å²) >= 11 is 0. The molecule has 0 amide bonds. The van der Waals surface area contributed by atoms with Crippen molar-refractivity contribution < 1.29 is 0 Å². The van der Waals surface area contributed by atoms with E-state index in [1.54, 1.807) is 12.7 Å². The highest BCUT2D eigenvalue weighted by Gasteiger charge is 2.03. The second kappa shape index (κ2) is 6.92. The van der Waals surface area contributed by atoms with Crippen LogP contribution < -0.4 is 5.32 Å². The van der Waals surface area contributed by atoms with Gasteiger partial charge in [0.15, 0.2) is 0 Å². The van der Waals surface area contributed by atoms with Crippen molar-refractivity contribution >= 4 is 5.69 Å². The van der Waals surface area contributed by atoms with E-state index in [4.69, 9.17) is 0 Å². The molecule has 0 aliphatic heterocycles. The van der Waals surface area contributed by atoms with Crippen molar-refractivity contribution in [3.63, 3.8) is 0 Å². The van der Waals surface area contributed by atoms with Crippen LogP contribution in [0.25, 0.3) is 0 Å². The molecule has 1 aromatic carbocycles. The summed E-state index contributed by atoms with van der Waals surface area (Å²) < 4.78 is 1.83. The second-order valence-corrected chi connectivity index (χ2v) is 4.85. The van der Waals surface area contributed by atoms with Gasteiger partial charge in [-0.15, -0.1) is 0 Å². The molecule has 2 aromatic rings. The molecule has 0 saturated heterocycles. The van der Waals surface area contributed by atoms with Gasteiger partial charge in [-0.1, -0.05) is 38.8 Å². The van der Waals surface area contributed by atoms with E-state index in [2.05, 4.69) is 53.5 Å². The number of hydrogen-bond acceptors (Lipinski definition) is 3. The molecule has 0 bridgehead atoms. The Bertz CT molecular complexity index is 457. The normalized spacial score (nSPS) is 10.9. The van der Waals surface area contributed by atoms with Gasteiger partial charge >= 0.3 is 0 Å². The molecule has 1 heterocycles. The van der Waals surface area contributed by atoms with Crippen LogP contribution in [0, 0.1) is 5.92 Å². The molecule has 1 N–H and O–H groups in total. The number of hydrogen-bond donors (Lipinski definition) is 1. The van der Waals surface area contributed by atoms with Crippen LogP contribution in [0.15, 0.2) is 36.9 Å². The Morgan fingerprint density at radius 2 is 1.89 bits per heavy atom. The highest BCUT2D eigenvalue weighted by molar-refractivity contribution is 5.44. The molecule has 4 nitrogen and oxygen atoms in total. The van der Waals surface area contributed by atoms with Crippen molar-refractivity contribution in [3.05, 3.63) is 42.5 Å². The van der Waals surface area contributed by atoms with E-state index < -0.39 is 0 Å². The first-order valence-electron chi connectivity index (χ1n) is 6.97. The van der Waals surface area contributed by atoms with E-state index in [0.717, 1.165) is 19.0 Å². The van der Waals surface area contributed by atoms with Gasteiger partial charge in [-0.05, 0) is 23.6 Å². The van der Waals surface area contributed by atoms with Gasteiger partial charge in [0.1, 0.15) is 12.7 Å². The highest BCUT2D eigenvalue weighted by Crippen LogP contribution is 2.13. The zero-order valence-electron chi connectivity index (χ0n) is 11.7. The van der Waals surface area contributed by atoms with Gasteiger partial charge in [-0.2, -0.15) is 5.10 Å². The molecule has 0 aliphatic rings. The van der Waals surface area contributed by atoms with E-state index in [0.29, 0.717) is 0 Å². The van der Waals surface area contributed by atoms with Gasteiger partial charge in [0.2, 0.25) is 0 Å². The van der Waals surface area contributed by atoms with E-state index in [-0.39, 0.29) is 0 Å². The SMILES string of the molecule is CCC(CC)CNc1ccc(Cn2cncn2)cc1. The number of aromatic nitrogens is 3. The number of nitrogens with zero attached hydrogens (tertiary/aromatic N) is 3. The summed E-state index contributed by atoms with van der Waals surface area (Å²) in [5.74, 6) is 0.759. The van der Waals surface area contributed by atoms with E-state index in [1.807, 2.05) is 4.68 Å². The van der Waals surface area contributed by atoms with Crippen LogP contribution in [0.5, 0.6) is 0 Å². The molecule has 0 saturated carbocycles. The molecule has 0 atom stereocenters. The maximum Gasteiger partial charge on any atom is 0.137 e. The summed E-state index contributed by atoms with van der Waals surface area (Å²) in [6.45, 7) is 6.32. The third-order valence-corrected chi connectivity index (χ3v) is 3.51. The smallest absolute Gasteiger partial charge is 0.137 e. The standard InChI is InChI=1S/C15H22N4/c1-3-13(4-2)9-17-15-7-5-14(6-8-15)10-19-12-16-11-18-19/h5-8,11-13,17H,3-4,9-10H2,1-2H3. The van der Waals surface area contributed by atoms with E-state index >= 15 is 0 Å². The molecular formula is C15H22N4. The summed E-state index contributed by atoms with van der Waals surface area (Å²) in [6, 6.07) is 8.54. The fourth-order valence-corrected chi connectivity index (χ4v) is 2.07. The minimum atomic E-state index is 0.759. The number of nitrogens with one attached hydrogen (secondary N) is 1. The van der Waals surface area contributed by atoms with Gasteiger partial charge in [-0.3, -0.25) is 0 Å². The third kappa shape index (κ3) is 4.09. The lowest BCUT2D eigenvalue weighted by Crippen LogP contribution is -2.12. The maximum absolute atomic E-state index is 4.11. The molecule has 0 aliphatic carbocycles. The van der Waals surface area contributed by atoms with Gasteiger partial charge in [0.05, 0.1) is 6.54 Å². The lowest BCUT2D eigenvalue weighted by atomic mass is 10.0. The summed E-state index contributed by atoms with van der Waals surface area (Å²) in [7, 11) is 0. The zero-order chi connectivity index (χ0) is 13.5. The predicted molar refractivity (Wildman–Crippen MR) is 78.1 cm³/mol. The lowest BCUT2D eigenvalue weighted by molar-refractivity contribution is 0.519. The Labute approximate surface area is 114 Å². The Morgan fingerprint density at radius 3 is 2.47 bits per heavy atom. The first kappa shape index (κ1) is 13.6. The molecule has 0 radical (unpaired) electrons. The molecule has 4 heteroatoms. The van der Waals surface area contributed by atoms with Crippen molar-refractivity contribution in [2.75, 3.05) is 11.9 Å². The first-order chi connectivity index (χ1) is 9.31.